The molecule has 0 spiro atoms. The van der Waals surface area contributed by atoms with Gasteiger partial charge in [0.25, 0.3) is 0 Å². The predicted octanol–water partition coefficient (Wildman–Crippen LogP) is 5.87. The molecule has 0 saturated carbocycles. The van der Waals surface area contributed by atoms with Gasteiger partial charge in [-0.15, -0.1) is 0 Å². The highest BCUT2D eigenvalue weighted by Crippen LogP contribution is 2.27. The van der Waals surface area contributed by atoms with E-state index in [2.05, 4.69) is 10.1 Å². The van der Waals surface area contributed by atoms with E-state index < -0.39 is 0 Å². The van der Waals surface area contributed by atoms with Gasteiger partial charge in [-0.25, -0.2) is 9.37 Å². The summed E-state index contributed by atoms with van der Waals surface area (Å²) in [7, 11) is 0. The van der Waals surface area contributed by atoms with Crippen molar-refractivity contribution in [2.75, 3.05) is 0 Å². The first-order chi connectivity index (χ1) is 14.6. The highest BCUT2D eigenvalue weighted by Gasteiger charge is 2.10. The van der Waals surface area contributed by atoms with Gasteiger partial charge in [-0.3, -0.25) is 0 Å². The van der Waals surface area contributed by atoms with Crippen LogP contribution in [0.15, 0.2) is 73.1 Å². The number of benzene rings is 2. The van der Waals surface area contributed by atoms with Gasteiger partial charge in [-0.05, 0) is 41.5 Å². The van der Waals surface area contributed by atoms with Crippen LogP contribution in [0, 0.1) is 5.82 Å². The molecular formula is C22H16Cl2FN3O2. The zero-order valence-corrected chi connectivity index (χ0v) is 17.1. The molecule has 2 aromatic heterocycles. The number of aromatic nitrogens is 3. The Balaban J connectivity index is 1.44. The van der Waals surface area contributed by atoms with Crippen molar-refractivity contribution in [2.45, 2.75) is 13.2 Å². The Bertz CT molecular complexity index is 1150. The van der Waals surface area contributed by atoms with E-state index in [9.17, 15) is 4.39 Å². The first kappa shape index (κ1) is 20.2. The number of halogens is 3. The highest BCUT2D eigenvalue weighted by molar-refractivity contribution is 6.32. The summed E-state index contributed by atoms with van der Waals surface area (Å²) < 4.78 is 26.3. The number of rotatable bonds is 7. The molecule has 0 aliphatic carbocycles. The Morgan fingerprint density at radius 1 is 0.833 bits per heavy atom. The lowest BCUT2D eigenvalue weighted by atomic mass is 10.2. The normalized spacial score (nSPS) is 10.8. The third-order valence-corrected chi connectivity index (χ3v) is 4.77. The smallest absolute Gasteiger partial charge is 0.218 e. The standard InChI is InChI=1S/C22H16Cl2FN3O2/c23-17-7-9-26-21(12-17)28-22(8-10-27-28)30-14-16-3-6-19(24)20(11-16)29-13-15-1-4-18(25)5-2-15/h1-12H,13-14H2. The molecule has 0 unspecified atom stereocenters. The zero-order valence-electron chi connectivity index (χ0n) is 15.6. The molecule has 30 heavy (non-hydrogen) atoms. The first-order valence-corrected chi connectivity index (χ1v) is 9.78. The molecule has 2 heterocycles. The van der Waals surface area contributed by atoms with E-state index in [1.807, 2.05) is 12.1 Å². The topological polar surface area (TPSA) is 49.2 Å². The van der Waals surface area contributed by atoms with Gasteiger partial charge in [-0.1, -0.05) is 41.4 Å². The Labute approximate surface area is 182 Å². The lowest BCUT2D eigenvalue weighted by Crippen LogP contribution is -2.05. The van der Waals surface area contributed by atoms with Crippen LogP contribution >= 0.6 is 23.2 Å². The molecule has 0 radical (unpaired) electrons. The average molecular weight is 444 g/mol. The van der Waals surface area contributed by atoms with E-state index in [1.54, 1.807) is 53.5 Å². The molecule has 0 fully saturated rings. The first-order valence-electron chi connectivity index (χ1n) is 9.03. The third-order valence-electron chi connectivity index (χ3n) is 4.22. The molecule has 0 aliphatic rings. The number of ether oxygens (including phenoxy) is 2. The molecule has 2 aromatic carbocycles. The second-order valence-corrected chi connectivity index (χ2v) is 7.23. The summed E-state index contributed by atoms with van der Waals surface area (Å²) in [4.78, 5) is 4.26. The maximum Gasteiger partial charge on any atom is 0.218 e. The monoisotopic (exact) mass is 443 g/mol. The van der Waals surface area contributed by atoms with Crippen molar-refractivity contribution < 1.29 is 13.9 Å². The molecule has 5 nitrogen and oxygen atoms in total. The third kappa shape index (κ3) is 4.90. The highest BCUT2D eigenvalue weighted by atomic mass is 35.5. The van der Waals surface area contributed by atoms with Gasteiger partial charge in [0.05, 0.1) is 11.2 Å². The summed E-state index contributed by atoms with van der Waals surface area (Å²) in [6.45, 7) is 0.549. The molecule has 0 amide bonds. The molecule has 8 heteroatoms. The SMILES string of the molecule is Fc1ccc(COc2cc(COc3ccnn3-c3cc(Cl)ccn3)ccc2Cl)cc1. The fourth-order valence-corrected chi connectivity index (χ4v) is 3.06. The van der Waals surface area contributed by atoms with Gasteiger partial charge in [-0.2, -0.15) is 9.78 Å². The largest absolute Gasteiger partial charge is 0.487 e. The van der Waals surface area contributed by atoms with E-state index >= 15 is 0 Å². The molecule has 4 aromatic rings. The van der Waals surface area contributed by atoms with Crippen molar-refractivity contribution in [3.05, 3.63) is 100 Å². The van der Waals surface area contributed by atoms with Crippen LogP contribution in [0.4, 0.5) is 4.39 Å². The number of hydrogen-bond acceptors (Lipinski definition) is 4. The molecular weight excluding hydrogens is 428 g/mol. The van der Waals surface area contributed by atoms with E-state index in [0.29, 0.717) is 27.5 Å². The summed E-state index contributed by atoms with van der Waals surface area (Å²) >= 11 is 12.3. The minimum atomic E-state index is -0.289. The fourth-order valence-electron chi connectivity index (χ4n) is 2.73. The van der Waals surface area contributed by atoms with Crippen LogP contribution in [0.25, 0.3) is 5.82 Å². The van der Waals surface area contributed by atoms with Crippen molar-refractivity contribution >= 4 is 23.2 Å². The Morgan fingerprint density at radius 3 is 2.40 bits per heavy atom. The predicted molar refractivity (Wildman–Crippen MR) is 113 cm³/mol. The summed E-state index contributed by atoms with van der Waals surface area (Å²) in [5.41, 5.74) is 1.70. The second-order valence-electron chi connectivity index (χ2n) is 6.38. The Hall–Kier alpha value is -3.09. The molecule has 0 atom stereocenters. The molecule has 0 saturated heterocycles. The number of nitrogens with zero attached hydrogens (tertiary/aromatic N) is 3. The average Bonchev–Trinajstić information content (AvgIpc) is 3.22. The van der Waals surface area contributed by atoms with Gasteiger partial charge in [0.2, 0.25) is 5.88 Å². The molecule has 0 aliphatic heterocycles. The zero-order chi connectivity index (χ0) is 20.9. The maximum atomic E-state index is 13.0. The fraction of sp³-hybridized carbons (Fsp3) is 0.0909. The van der Waals surface area contributed by atoms with Crippen LogP contribution in [-0.2, 0) is 13.2 Å². The Morgan fingerprint density at radius 2 is 1.60 bits per heavy atom. The summed E-state index contributed by atoms with van der Waals surface area (Å²) in [5, 5.41) is 5.28. The van der Waals surface area contributed by atoms with Gasteiger partial charge < -0.3 is 9.47 Å². The molecule has 152 valence electrons. The van der Waals surface area contributed by atoms with Gasteiger partial charge in [0.15, 0.2) is 5.82 Å². The van der Waals surface area contributed by atoms with Crippen molar-refractivity contribution in [3.8, 4) is 17.4 Å². The minimum absolute atomic E-state index is 0.274. The lowest BCUT2D eigenvalue weighted by Gasteiger charge is -2.12. The second kappa shape index (κ2) is 9.15. The summed E-state index contributed by atoms with van der Waals surface area (Å²) in [6, 6.07) is 16.7. The van der Waals surface area contributed by atoms with Crippen LogP contribution in [0.3, 0.4) is 0 Å². The van der Waals surface area contributed by atoms with Crippen LogP contribution in [-0.4, -0.2) is 14.8 Å². The van der Waals surface area contributed by atoms with E-state index in [-0.39, 0.29) is 19.0 Å². The van der Waals surface area contributed by atoms with E-state index in [0.717, 1.165) is 11.1 Å². The van der Waals surface area contributed by atoms with Crippen molar-refractivity contribution in [1.29, 1.82) is 0 Å². The van der Waals surface area contributed by atoms with E-state index in [4.69, 9.17) is 32.7 Å². The summed E-state index contributed by atoms with van der Waals surface area (Å²) in [5.74, 6) is 1.31. The minimum Gasteiger partial charge on any atom is -0.487 e. The van der Waals surface area contributed by atoms with E-state index in [1.165, 1.54) is 12.1 Å². The molecule has 4 rings (SSSR count). The van der Waals surface area contributed by atoms with Gasteiger partial charge >= 0.3 is 0 Å². The van der Waals surface area contributed by atoms with Gasteiger partial charge in [0.1, 0.15) is 24.8 Å². The molecule has 0 N–H and O–H groups in total. The van der Waals surface area contributed by atoms with Crippen molar-refractivity contribution in [2.24, 2.45) is 0 Å². The molecule has 0 bridgehead atoms. The van der Waals surface area contributed by atoms with Crippen LogP contribution in [0.1, 0.15) is 11.1 Å². The van der Waals surface area contributed by atoms with Crippen LogP contribution in [0.2, 0.25) is 10.0 Å². The Kier molecular flexibility index (Phi) is 6.16. The summed E-state index contributed by atoms with van der Waals surface area (Å²) in [6.07, 6.45) is 3.23. The number of hydrogen-bond donors (Lipinski definition) is 0. The van der Waals surface area contributed by atoms with Crippen LogP contribution in [0.5, 0.6) is 11.6 Å². The lowest BCUT2D eigenvalue weighted by molar-refractivity contribution is 0.280. The van der Waals surface area contributed by atoms with Crippen LogP contribution < -0.4 is 9.47 Å². The van der Waals surface area contributed by atoms with Crippen molar-refractivity contribution in [1.82, 2.24) is 14.8 Å². The maximum absolute atomic E-state index is 13.0. The number of pyridine rings is 1. The van der Waals surface area contributed by atoms with Crippen molar-refractivity contribution in [3.63, 3.8) is 0 Å². The van der Waals surface area contributed by atoms with Gasteiger partial charge in [0, 0.05) is 23.4 Å². The quantitative estimate of drug-likeness (QED) is 0.358.